The van der Waals surface area contributed by atoms with Gasteiger partial charge in [0, 0.05) is 36.5 Å². The monoisotopic (exact) mass is 268 g/mol. The molecule has 2 saturated heterocycles. The Bertz CT molecular complexity index is 284. The Balaban J connectivity index is 1.62. The molecule has 3 aliphatic rings. The zero-order valence-electron chi connectivity index (χ0n) is 12.0. The van der Waals surface area contributed by atoms with Crippen LogP contribution < -0.4 is 5.32 Å². The fourth-order valence-electron chi connectivity index (χ4n) is 3.68. The minimum absolute atomic E-state index is 0.541. The summed E-state index contributed by atoms with van der Waals surface area (Å²) in [7, 11) is 0. The van der Waals surface area contributed by atoms with Crippen molar-refractivity contribution in [3.63, 3.8) is 0 Å². The SMILES string of the molecule is CCC1CNC(C2CC2)CN1CC1(C)CCCS1. The van der Waals surface area contributed by atoms with E-state index in [-0.39, 0.29) is 0 Å². The first-order valence-corrected chi connectivity index (χ1v) is 8.80. The van der Waals surface area contributed by atoms with E-state index in [1.165, 1.54) is 57.5 Å². The molecule has 3 heteroatoms. The summed E-state index contributed by atoms with van der Waals surface area (Å²) in [5, 5.41) is 3.80. The van der Waals surface area contributed by atoms with Gasteiger partial charge in [-0.2, -0.15) is 11.8 Å². The van der Waals surface area contributed by atoms with Gasteiger partial charge >= 0.3 is 0 Å². The molecule has 1 aliphatic carbocycles. The molecule has 0 spiro atoms. The largest absolute Gasteiger partial charge is 0.311 e. The van der Waals surface area contributed by atoms with Crippen LogP contribution in [0.5, 0.6) is 0 Å². The molecular weight excluding hydrogens is 240 g/mol. The van der Waals surface area contributed by atoms with Crippen LogP contribution >= 0.6 is 11.8 Å². The van der Waals surface area contributed by atoms with Crippen molar-refractivity contribution in [2.24, 2.45) is 5.92 Å². The summed E-state index contributed by atoms with van der Waals surface area (Å²) in [6.45, 7) is 8.69. The topological polar surface area (TPSA) is 15.3 Å². The highest BCUT2D eigenvalue weighted by molar-refractivity contribution is 8.00. The normalized spacial score (nSPS) is 42.3. The Hall–Kier alpha value is 0.270. The van der Waals surface area contributed by atoms with Crippen LogP contribution in [0.1, 0.15) is 46.0 Å². The molecule has 0 bridgehead atoms. The minimum Gasteiger partial charge on any atom is -0.311 e. The molecule has 0 amide bonds. The Morgan fingerprint density at radius 1 is 1.39 bits per heavy atom. The summed E-state index contributed by atoms with van der Waals surface area (Å²) in [6, 6.07) is 1.57. The number of rotatable bonds is 4. The van der Waals surface area contributed by atoms with Gasteiger partial charge in [0.25, 0.3) is 0 Å². The second-order valence-electron chi connectivity index (χ2n) is 6.75. The van der Waals surface area contributed by atoms with Crippen LogP contribution in [0.4, 0.5) is 0 Å². The van der Waals surface area contributed by atoms with Crippen LogP contribution in [0.15, 0.2) is 0 Å². The molecule has 2 aliphatic heterocycles. The van der Waals surface area contributed by atoms with Gasteiger partial charge in [-0.05, 0) is 50.7 Å². The van der Waals surface area contributed by atoms with E-state index in [2.05, 4.69) is 35.8 Å². The smallest absolute Gasteiger partial charge is 0.0259 e. The van der Waals surface area contributed by atoms with Gasteiger partial charge in [0.15, 0.2) is 0 Å². The van der Waals surface area contributed by atoms with Crippen molar-refractivity contribution >= 4 is 11.8 Å². The number of nitrogens with one attached hydrogen (secondary N) is 1. The van der Waals surface area contributed by atoms with Crippen molar-refractivity contribution in [1.82, 2.24) is 10.2 Å². The maximum Gasteiger partial charge on any atom is 0.0259 e. The van der Waals surface area contributed by atoms with Crippen LogP contribution in [-0.2, 0) is 0 Å². The molecule has 18 heavy (non-hydrogen) atoms. The molecule has 1 N–H and O–H groups in total. The molecule has 2 heterocycles. The summed E-state index contributed by atoms with van der Waals surface area (Å²) in [5.74, 6) is 2.38. The number of hydrogen-bond acceptors (Lipinski definition) is 3. The van der Waals surface area contributed by atoms with Crippen molar-refractivity contribution in [2.45, 2.75) is 62.8 Å². The Morgan fingerprint density at radius 2 is 2.22 bits per heavy atom. The number of piperazine rings is 1. The van der Waals surface area contributed by atoms with E-state index in [4.69, 9.17) is 0 Å². The van der Waals surface area contributed by atoms with Gasteiger partial charge < -0.3 is 5.32 Å². The highest BCUT2D eigenvalue weighted by atomic mass is 32.2. The summed E-state index contributed by atoms with van der Waals surface area (Å²) in [5.41, 5.74) is 0. The highest BCUT2D eigenvalue weighted by Crippen LogP contribution is 2.40. The molecule has 2 nitrogen and oxygen atoms in total. The van der Waals surface area contributed by atoms with E-state index < -0.39 is 0 Å². The Labute approximate surface area is 116 Å². The van der Waals surface area contributed by atoms with Crippen molar-refractivity contribution in [1.29, 1.82) is 0 Å². The van der Waals surface area contributed by atoms with E-state index in [1.54, 1.807) is 0 Å². The van der Waals surface area contributed by atoms with Gasteiger partial charge in [-0.25, -0.2) is 0 Å². The standard InChI is InChI=1S/C15H28N2S/c1-3-13-9-16-14(12-5-6-12)10-17(13)11-15(2)7-4-8-18-15/h12-14,16H,3-11H2,1-2H3. The molecule has 104 valence electrons. The molecule has 3 fully saturated rings. The Morgan fingerprint density at radius 3 is 2.83 bits per heavy atom. The second kappa shape index (κ2) is 5.34. The first-order valence-electron chi connectivity index (χ1n) is 7.81. The van der Waals surface area contributed by atoms with Crippen LogP contribution in [0.2, 0.25) is 0 Å². The quantitative estimate of drug-likeness (QED) is 0.844. The van der Waals surface area contributed by atoms with Gasteiger partial charge in [0.2, 0.25) is 0 Å². The average molecular weight is 268 g/mol. The zero-order chi connectivity index (χ0) is 12.6. The van der Waals surface area contributed by atoms with Crippen molar-refractivity contribution in [3.05, 3.63) is 0 Å². The predicted octanol–water partition coefficient (Wildman–Crippen LogP) is 2.73. The lowest BCUT2D eigenvalue weighted by atomic mass is 9.99. The summed E-state index contributed by atoms with van der Waals surface area (Å²) in [4.78, 5) is 2.82. The van der Waals surface area contributed by atoms with Gasteiger partial charge in [0.1, 0.15) is 0 Å². The van der Waals surface area contributed by atoms with Gasteiger partial charge in [-0.1, -0.05) is 6.92 Å². The number of hydrogen-bond donors (Lipinski definition) is 1. The summed E-state index contributed by atoms with van der Waals surface area (Å²) in [6.07, 6.45) is 7.08. The molecule has 0 aromatic carbocycles. The minimum atomic E-state index is 0.541. The molecule has 1 saturated carbocycles. The zero-order valence-corrected chi connectivity index (χ0v) is 12.8. The van der Waals surface area contributed by atoms with Crippen LogP contribution in [-0.4, -0.2) is 47.1 Å². The molecule has 3 rings (SSSR count). The van der Waals surface area contributed by atoms with E-state index in [0.717, 1.165) is 18.0 Å². The number of thioether (sulfide) groups is 1. The lowest BCUT2D eigenvalue weighted by Crippen LogP contribution is -2.59. The molecule has 3 atom stereocenters. The van der Waals surface area contributed by atoms with E-state index >= 15 is 0 Å². The van der Waals surface area contributed by atoms with E-state index in [0.29, 0.717) is 4.75 Å². The maximum atomic E-state index is 3.80. The number of nitrogens with zero attached hydrogens (tertiary/aromatic N) is 1. The molecule has 3 unspecified atom stereocenters. The third-order valence-corrected chi connectivity index (χ3v) is 6.59. The molecular formula is C15H28N2S. The fraction of sp³-hybridized carbons (Fsp3) is 1.00. The van der Waals surface area contributed by atoms with Crippen molar-refractivity contribution in [2.75, 3.05) is 25.4 Å². The third-order valence-electron chi connectivity index (χ3n) is 5.06. The fourth-order valence-corrected chi connectivity index (χ4v) is 5.01. The Kier molecular flexibility index (Phi) is 3.93. The van der Waals surface area contributed by atoms with Crippen LogP contribution in [0.3, 0.4) is 0 Å². The summed E-state index contributed by atoms with van der Waals surface area (Å²) >= 11 is 2.21. The van der Waals surface area contributed by atoms with E-state index in [1.807, 2.05) is 0 Å². The predicted molar refractivity (Wildman–Crippen MR) is 80.3 cm³/mol. The first-order chi connectivity index (χ1) is 8.70. The van der Waals surface area contributed by atoms with Gasteiger partial charge in [-0.15, -0.1) is 0 Å². The van der Waals surface area contributed by atoms with Crippen LogP contribution in [0.25, 0.3) is 0 Å². The van der Waals surface area contributed by atoms with Crippen molar-refractivity contribution in [3.8, 4) is 0 Å². The van der Waals surface area contributed by atoms with Crippen LogP contribution in [0, 0.1) is 5.92 Å². The average Bonchev–Trinajstić information content (AvgIpc) is 3.13. The second-order valence-corrected chi connectivity index (χ2v) is 8.43. The third kappa shape index (κ3) is 2.88. The van der Waals surface area contributed by atoms with Gasteiger partial charge in [-0.3, -0.25) is 4.90 Å². The molecule has 0 aromatic rings. The molecule has 0 aromatic heterocycles. The van der Waals surface area contributed by atoms with E-state index in [9.17, 15) is 0 Å². The van der Waals surface area contributed by atoms with Crippen molar-refractivity contribution < 1.29 is 0 Å². The first kappa shape index (κ1) is 13.3. The highest BCUT2D eigenvalue weighted by Gasteiger charge is 2.40. The summed E-state index contributed by atoms with van der Waals surface area (Å²) < 4.78 is 0.541. The lowest BCUT2D eigenvalue weighted by Gasteiger charge is -2.43. The molecule has 0 radical (unpaired) electrons. The maximum absolute atomic E-state index is 3.80. The lowest BCUT2D eigenvalue weighted by molar-refractivity contribution is 0.108. The van der Waals surface area contributed by atoms with Gasteiger partial charge in [0.05, 0.1) is 0 Å².